The van der Waals surface area contributed by atoms with Gasteiger partial charge in [-0.1, -0.05) is 43.4 Å². The van der Waals surface area contributed by atoms with Gasteiger partial charge in [-0.05, 0) is 68.4 Å². The summed E-state index contributed by atoms with van der Waals surface area (Å²) in [7, 11) is 0. The molecule has 0 aliphatic carbocycles. The number of fused-ring (bicyclic) bond motifs is 1. The van der Waals surface area contributed by atoms with Crippen LogP contribution in [0.5, 0.6) is 0 Å². The number of anilines is 1. The maximum atomic E-state index is 13.9. The van der Waals surface area contributed by atoms with E-state index in [1.165, 1.54) is 17.4 Å². The smallest absolute Gasteiger partial charge is 0.255 e. The van der Waals surface area contributed by atoms with Crippen LogP contribution in [0.25, 0.3) is 20.9 Å². The van der Waals surface area contributed by atoms with Crippen molar-refractivity contribution in [2.75, 3.05) is 18.4 Å². The number of thiazole rings is 1. The van der Waals surface area contributed by atoms with Crippen molar-refractivity contribution in [3.05, 3.63) is 77.2 Å². The summed E-state index contributed by atoms with van der Waals surface area (Å²) >= 11 is 1.50. The first-order valence-electron chi connectivity index (χ1n) is 11.1. The monoisotopic (exact) mass is 462 g/mol. The molecule has 0 saturated carbocycles. The average molecular weight is 463 g/mol. The number of aryl methyl sites for hydroxylation is 1. The minimum absolute atomic E-state index is 0.274. The first-order valence-corrected chi connectivity index (χ1v) is 12.0. The first-order chi connectivity index (χ1) is 16.0. The van der Waals surface area contributed by atoms with E-state index in [4.69, 9.17) is 9.97 Å². The standard InChI is InChI=1S/C26H27FN4OS/c1-4-14-31(5-2)16-19-12-13-23-26(28-19)33-25(30-23)20-8-6-7-9-22(20)29-24(32)18-11-10-17(3)21(27)15-18/h6-13,15H,4-5,14,16H2,1-3H3,(H,29,32). The van der Waals surface area contributed by atoms with Gasteiger partial charge in [0.25, 0.3) is 5.91 Å². The van der Waals surface area contributed by atoms with Gasteiger partial charge in [-0.3, -0.25) is 9.69 Å². The summed E-state index contributed by atoms with van der Waals surface area (Å²) in [5.41, 5.74) is 4.07. The number of pyridine rings is 1. The zero-order valence-electron chi connectivity index (χ0n) is 19.1. The maximum absolute atomic E-state index is 13.9. The fourth-order valence-electron chi connectivity index (χ4n) is 3.66. The molecule has 33 heavy (non-hydrogen) atoms. The van der Waals surface area contributed by atoms with Crippen LogP contribution in [0.4, 0.5) is 10.1 Å². The summed E-state index contributed by atoms with van der Waals surface area (Å²) in [6.45, 7) is 8.85. The molecule has 0 atom stereocenters. The van der Waals surface area contributed by atoms with E-state index in [2.05, 4.69) is 24.1 Å². The fourth-order valence-corrected chi connectivity index (χ4v) is 4.66. The molecule has 0 aliphatic rings. The van der Waals surface area contributed by atoms with E-state index in [-0.39, 0.29) is 11.5 Å². The quantitative estimate of drug-likeness (QED) is 0.334. The van der Waals surface area contributed by atoms with E-state index >= 15 is 0 Å². The Bertz CT molecular complexity index is 1290. The van der Waals surface area contributed by atoms with Gasteiger partial charge in [0.05, 0.1) is 11.4 Å². The van der Waals surface area contributed by atoms with Crippen LogP contribution in [0.2, 0.25) is 0 Å². The third-order valence-electron chi connectivity index (χ3n) is 5.53. The van der Waals surface area contributed by atoms with E-state index in [9.17, 15) is 9.18 Å². The molecule has 4 aromatic rings. The Labute approximate surface area is 197 Å². The molecule has 0 saturated heterocycles. The summed E-state index contributed by atoms with van der Waals surface area (Å²) in [6.07, 6.45) is 1.11. The number of rotatable bonds is 8. The van der Waals surface area contributed by atoms with Gasteiger partial charge in [-0.25, -0.2) is 14.4 Å². The number of para-hydroxylation sites is 1. The zero-order valence-corrected chi connectivity index (χ0v) is 19.9. The minimum atomic E-state index is -0.399. The number of nitrogens with one attached hydrogen (secondary N) is 1. The molecular formula is C26H27FN4OS. The van der Waals surface area contributed by atoms with Gasteiger partial charge in [0.15, 0.2) is 0 Å². The molecule has 2 aromatic heterocycles. The minimum Gasteiger partial charge on any atom is -0.321 e. The summed E-state index contributed by atoms with van der Waals surface area (Å²) in [6, 6.07) is 16.0. The van der Waals surface area contributed by atoms with Gasteiger partial charge in [0, 0.05) is 17.7 Å². The van der Waals surface area contributed by atoms with Crippen molar-refractivity contribution in [2.45, 2.75) is 33.7 Å². The topological polar surface area (TPSA) is 58.1 Å². The van der Waals surface area contributed by atoms with E-state index in [1.807, 2.05) is 36.4 Å². The fraction of sp³-hybridized carbons (Fsp3) is 0.269. The average Bonchev–Trinajstić information content (AvgIpc) is 3.24. The van der Waals surface area contributed by atoms with Crippen LogP contribution in [0.3, 0.4) is 0 Å². The molecule has 0 radical (unpaired) electrons. The predicted molar refractivity (Wildman–Crippen MR) is 133 cm³/mol. The number of amides is 1. The second-order valence-corrected chi connectivity index (χ2v) is 8.96. The van der Waals surface area contributed by atoms with Gasteiger partial charge in [-0.15, -0.1) is 0 Å². The number of halogens is 1. The van der Waals surface area contributed by atoms with Crippen molar-refractivity contribution in [3.8, 4) is 10.6 Å². The van der Waals surface area contributed by atoms with Gasteiger partial charge in [0.1, 0.15) is 21.2 Å². The van der Waals surface area contributed by atoms with Crippen molar-refractivity contribution >= 4 is 33.3 Å². The predicted octanol–water partition coefficient (Wildman–Crippen LogP) is 6.29. The molecule has 2 heterocycles. The zero-order chi connectivity index (χ0) is 23.4. The molecule has 1 amide bonds. The summed E-state index contributed by atoms with van der Waals surface area (Å²) in [5, 5.41) is 3.69. The van der Waals surface area contributed by atoms with Crippen LogP contribution >= 0.6 is 11.3 Å². The molecule has 170 valence electrons. The number of hydrogen-bond acceptors (Lipinski definition) is 5. The van der Waals surface area contributed by atoms with E-state index in [0.717, 1.165) is 52.7 Å². The number of carbonyl (C=O) groups is 1. The Balaban J connectivity index is 1.61. The lowest BCUT2D eigenvalue weighted by Crippen LogP contribution is -2.24. The Hall–Kier alpha value is -3.16. The molecule has 0 unspecified atom stereocenters. The lowest BCUT2D eigenvalue weighted by Gasteiger charge is -2.18. The van der Waals surface area contributed by atoms with Crippen molar-refractivity contribution in [3.63, 3.8) is 0 Å². The maximum Gasteiger partial charge on any atom is 0.255 e. The summed E-state index contributed by atoms with van der Waals surface area (Å²) in [4.78, 5) is 25.6. The van der Waals surface area contributed by atoms with Crippen LogP contribution in [-0.4, -0.2) is 33.9 Å². The van der Waals surface area contributed by atoms with Gasteiger partial charge >= 0.3 is 0 Å². The van der Waals surface area contributed by atoms with Crippen LogP contribution in [0, 0.1) is 12.7 Å². The van der Waals surface area contributed by atoms with Crippen LogP contribution in [-0.2, 0) is 6.54 Å². The number of carbonyl (C=O) groups excluding carboxylic acids is 1. The largest absolute Gasteiger partial charge is 0.321 e. The Morgan fingerprint density at radius 1 is 1.09 bits per heavy atom. The SMILES string of the molecule is CCCN(CC)Cc1ccc2nc(-c3ccccc3NC(=O)c3ccc(C)c(F)c3)sc2n1. The summed E-state index contributed by atoms with van der Waals surface area (Å²) in [5.74, 6) is -0.761. The highest BCUT2D eigenvalue weighted by Gasteiger charge is 2.15. The number of nitrogens with zero attached hydrogens (tertiary/aromatic N) is 3. The molecule has 0 bridgehead atoms. The van der Waals surface area contributed by atoms with E-state index < -0.39 is 5.82 Å². The van der Waals surface area contributed by atoms with Gasteiger partial charge < -0.3 is 5.32 Å². The first kappa shape index (κ1) is 23.0. The van der Waals surface area contributed by atoms with Crippen molar-refractivity contribution in [1.82, 2.24) is 14.9 Å². The van der Waals surface area contributed by atoms with Crippen molar-refractivity contribution in [2.24, 2.45) is 0 Å². The highest BCUT2D eigenvalue weighted by molar-refractivity contribution is 7.21. The lowest BCUT2D eigenvalue weighted by molar-refractivity contribution is 0.102. The Morgan fingerprint density at radius 2 is 1.91 bits per heavy atom. The molecule has 4 rings (SSSR count). The number of hydrogen-bond donors (Lipinski definition) is 1. The van der Waals surface area contributed by atoms with Crippen molar-refractivity contribution in [1.29, 1.82) is 0 Å². The van der Waals surface area contributed by atoms with E-state index in [0.29, 0.717) is 11.3 Å². The molecular weight excluding hydrogens is 435 g/mol. The van der Waals surface area contributed by atoms with E-state index in [1.54, 1.807) is 19.1 Å². The Morgan fingerprint density at radius 3 is 2.67 bits per heavy atom. The second-order valence-electron chi connectivity index (χ2n) is 7.98. The summed E-state index contributed by atoms with van der Waals surface area (Å²) < 4.78 is 13.9. The van der Waals surface area contributed by atoms with Crippen LogP contribution in [0.1, 0.15) is 41.9 Å². The van der Waals surface area contributed by atoms with Crippen molar-refractivity contribution < 1.29 is 9.18 Å². The third-order valence-corrected chi connectivity index (χ3v) is 6.52. The van der Waals surface area contributed by atoms with Gasteiger partial charge in [-0.2, -0.15) is 0 Å². The molecule has 2 aromatic carbocycles. The number of aromatic nitrogens is 2. The molecule has 1 N–H and O–H groups in total. The third kappa shape index (κ3) is 5.26. The molecule has 7 heteroatoms. The molecule has 5 nitrogen and oxygen atoms in total. The molecule has 0 spiro atoms. The second kappa shape index (κ2) is 10.2. The molecule has 0 fully saturated rings. The number of benzene rings is 2. The van der Waals surface area contributed by atoms with Crippen LogP contribution < -0.4 is 5.32 Å². The van der Waals surface area contributed by atoms with Gasteiger partial charge in [0.2, 0.25) is 0 Å². The normalized spacial score (nSPS) is 11.3. The Kier molecular flexibility index (Phi) is 7.11. The lowest BCUT2D eigenvalue weighted by atomic mass is 10.1. The highest BCUT2D eigenvalue weighted by Crippen LogP contribution is 2.34. The highest BCUT2D eigenvalue weighted by atomic mass is 32.1. The molecule has 0 aliphatic heterocycles. The van der Waals surface area contributed by atoms with Crippen LogP contribution in [0.15, 0.2) is 54.6 Å².